The summed E-state index contributed by atoms with van der Waals surface area (Å²) in [5, 5.41) is 0. The van der Waals surface area contributed by atoms with E-state index < -0.39 is 11.6 Å². The Morgan fingerprint density at radius 2 is 1.83 bits per heavy atom. The number of halogens is 2. The van der Waals surface area contributed by atoms with E-state index in [0.717, 1.165) is 11.6 Å². The first-order valence-electron chi connectivity index (χ1n) is 12.1. The van der Waals surface area contributed by atoms with Crippen LogP contribution in [0, 0.1) is 17.6 Å². The molecule has 5 nitrogen and oxygen atoms in total. The van der Waals surface area contributed by atoms with Gasteiger partial charge in [-0.3, -0.25) is 14.6 Å². The van der Waals surface area contributed by atoms with Crippen molar-refractivity contribution in [1.82, 2.24) is 14.8 Å². The van der Waals surface area contributed by atoms with Crippen LogP contribution in [0.1, 0.15) is 34.3 Å². The summed E-state index contributed by atoms with van der Waals surface area (Å²) in [4.78, 5) is 33.4. The number of piperidine rings is 1. The van der Waals surface area contributed by atoms with Gasteiger partial charge in [0.05, 0.1) is 5.56 Å². The van der Waals surface area contributed by atoms with E-state index in [4.69, 9.17) is 0 Å². The zero-order valence-corrected chi connectivity index (χ0v) is 20.2. The Bertz CT molecular complexity index is 1210. The number of likely N-dealkylation sites (N-methyl/N-ethyl adjacent to an activating group) is 1. The Labute approximate surface area is 210 Å². The Kier molecular flexibility index (Phi) is 8.21. The normalized spacial score (nSPS) is 15.1. The highest BCUT2D eigenvalue weighted by atomic mass is 19.1. The average molecular weight is 490 g/mol. The molecule has 1 aliphatic rings. The number of hydrogen-bond acceptors (Lipinski definition) is 3. The summed E-state index contributed by atoms with van der Waals surface area (Å²) in [5.74, 6) is -1.48. The van der Waals surface area contributed by atoms with Crippen molar-refractivity contribution in [2.45, 2.75) is 25.3 Å². The van der Waals surface area contributed by atoms with Crippen LogP contribution in [-0.2, 0) is 11.2 Å². The quantitative estimate of drug-likeness (QED) is 0.439. The largest absolute Gasteiger partial charge is 0.339 e. The van der Waals surface area contributed by atoms with E-state index in [2.05, 4.69) is 4.98 Å². The molecule has 4 rings (SSSR count). The molecule has 0 aliphatic carbocycles. The van der Waals surface area contributed by atoms with Crippen molar-refractivity contribution in [3.8, 4) is 0 Å². The Morgan fingerprint density at radius 1 is 1.08 bits per heavy atom. The lowest BCUT2D eigenvalue weighted by Gasteiger charge is -2.40. The molecule has 0 N–H and O–H groups in total. The first kappa shape index (κ1) is 25.2. The predicted molar refractivity (Wildman–Crippen MR) is 135 cm³/mol. The summed E-state index contributed by atoms with van der Waals surface area (Å²) >= 11 is 0. The van der Waals surface area contributed by atoms with E-state index in [-0.39, 0.29) is 30.2 Å². The summed E-state index contributed by atoms with van der Waals surface area (Å²) in [6.45, 7) is 1.08. The summed E-state index contributed by atoms with van der Waals surface area (Å²) in [6, 6.07) is 16.2. The smallest absolute Gasteiger partial charge is 0.255 e. The Morgan fingerprint density at radius 3 is 2.50 bits per heavy atom. The fourth-order valence-electron chi connectivity index (χ4n) is 4.72. The number of aromatic nitrogens is 1. The van der Waals surface area contributed by atoms with Gasteiger partial charge in [0.1, 0.15) is 11.6 Å². The van der Waals surface area contributed by atoms with Gasteiger partial charge in [0.2, 0.25) is 5.91 Å². The summed E-state index contributed by atoms with van der Waals surface area (Å²) in [6.07, 6.45) is 8.08. The van der Waals surface area contributed by atoms with Gasteiger partial charge in [0.25, 0.3) is 5.91 Å². The second kappa shape index (κ2) is 11.7. The molecule has 0 bridgehead atoms. The van der Waals surface area contributed by atoms with Gasteiger partial charge in [-0.1, -0.05) is 36.4 Å². The molecule has 0 spiro atoms. The maximum Gasteiger partial charge on any atom is 0.255 e. The third-order valence-corrected chi connectivity index (χ3v) is 6.78. The average Bonchev–Trinajstić information content (AvgIpc) is 2.92. The zero-order valence-electron chi connectivity index (χ0n) is 20.2. The molecule has 0 unspecified atom stereocenters. The van der Waals surface area contributed by atoms with Crippen molar-refractivity contribution >= 4 is 17.9 Å². The van der Waals surface area contributed by atoms with Crippen LogP contribution in [0.4, 0.5) is 8.78 Å². The molecule has 2 heterocycles. The minimum atomic E-state index is -0.636. The van der Waals surface area contributed by atoms with E-state index in [1.165, 1.54) is 18.3 Å². The molecule has 2 amide bonds. The number of benzene rings is 2. The molecule has 0 radical (unpaired) electrons. The number of rotatable bonds is 7. The topological polar surface area (TPSA) is 53.5 Å². The Hall–Kier alpha value is -3.87. The van der Waals surface area contributed by atoms with Crippen molar-refractivity contribution in [3.63, 3.8) is 0 Å². The molecule has 7 heteroatoms. The molecule has 186 valence electrons. The molecule has 1 atom stereocenters. The molecule has 1 aromatic heterocycles. The van der Waals surface area contributed by atoms with Crippen molar-refractivity contribution < 1.29 is 18.4 Å². The second-order valence-electron chi connectivity index (χ2n) is 9.07. The monoisotopic (exact) mass is 489 g/mol. The number of likely N-dealkylation sites (tertiary alicyclic amines) is 1. The van der Waals surface area contributed by atoms with Crippen molar-refractivity contribution in [1.29, 1.82) is 0 Å². The molecular weight excluding hydrogens is 460 g/mol. The van der Waals surface area contributed by atoms with Crippen LogP contribution in [0.5, 0.6) is 0 Å². The lowest BCUT2D eigenvalue weighted by molar-refractivity contribution is -0.127. The molecule has 36 heavy (non-hydrogen) atoms. The van der Waals surface area contributed by atoms with E-state index in [0.29, 0.717) is 37.1 Å². The standard InChI is InChI=1S/C29H29F2N3O2/c1-33(29(36)24-8-5-15-32-20-24)27(18-23-10-11-25(30)19-26(23)31)22-13-16-34(17-14-22)28(35)12-9-21-6-3-2-4-7-21/h2-12,15,19-20,22,27H,13-14,16-18H2,1H3/b12-9+/t27-/m1/s1. The van der Waals surface area contributed by atoms with Gasteiger partial charge >= 0.3 is 0 Å². The fourth-order valence-corrected chi connectivity index (χ4v) is 4.72. The van der Waals surface area contributed by atoms with Crippen LogP contribution in [0.15, 0.2) is 79.1 Å². The van der Waals surface area contributed by atoms with Crippen LogP contribution >= 0.6 is 0 Å². The van der Waals surface area contributed by atoms with Crippen LogP contribution in [0.3, 0.4) is 0 Å². The number of amides is 2. The van der Waals surface area contributed by atoms with Gasteiger partial charge in [-0.25, -0.2) is 8.78 Å². The van der Waals surface area contributed by atoms with Crippen molar-refractivity contribution in [2.75, 3.05) is 20.1 Å². The first-order valence-corrected chi connectivity index (χ1v) is 12.1. The van der Waals surface area contributed by atoms with Gasteiger partial charge in [0.15, 0.2) is 0 Å². The van der Waals surface area contributed by atoms with E-state index in [9.17, 15) is 18.4 Å². The lowest BCUT2D eigenvalue weighted by Crippen LogP contribution is -2.48. The number of carbonyl (C=O) groups excluding carboxylic acids is 2. The number of pyridine rings is 1. The van der Waals surface area contributed by atoms with Gasteiger partial charge in [-0.15, -0.1) is 0 Å². The summed E-state index contributed by atoms with van der Waals surface area (Å²) in [7, 11) is 1.71. The number of carbonyl (C=O) groups is 2. The molecular formula is C29H29F2N3O2. The van der Waals surface area contributed by atoms with Gasteiger partial charge < -0.3 is 9.80 Å². The van der Waals surface area contributed by atoms with Gasteiger partial charge in [-0.2, -0.15) is 0 Å². The van der Waals surface area contributed by atoms with Crippen LogP contribution in [-0.4, -0.2) is 52.8 Å². The molecule has 1 aliphatic heterocycles. The number of hydrogen-bond donors (Lipinski definition) is 0. The highest BCUT2D eigenvalue weighted by molar-refractivity contribution is 5.94. The third kappa shape index (κ3) is 6.22. The minimum absolute atomic E-state index is 0.0437. The van der Waals surface area contributed by atoms with E-state index >= 15 is 0 Å². The molecule has 0 saturated carbocycles. The maximum atomic E-state index is 14.5. The molecule has 3 aromatic rings. The van der Waals surface area contributed by atoms with Crippen LogP contribution in [0.2, 0.25) is 0 Å². The highest BCUT2D eigenvalue weighted by Crippen LogP contribution is 2.28. The van der Waals surface area contributed by atoms with E-state index in [1.807, 2.05) is 30.3 Å². The molecule has 1 saturated heterocycles. The highest BCUT2D eigenvalue weighted by Gasteiger charge is 2.33. The minimum Gasteiger partial charge on any atom is -0.339 e. The van der Waals surface area contributed by atoms with Crippen LogP contribution < -0.4 is 0 Å². The predicted octanol–water partition coefficient (Wildman–Crippen LogP) is 5.00. The van der Waals surface area contributed by atoms with Crippen LogP contribution in [0.25, 0.3) is 6.08 Å². The van der Waals surface area contributed by atoms with Gasteiger partial charge in [-0.05, 0) is 60.6 Å². The number of nitrogens with zero attached hydrogens (tertiary/aromatic N) is 3. The van der Waals surface area contributed by atoms with E-state index in [1.54, 1.807) is 47.3 Å². The first-order chi connectivity index (χ1) is 17.4. The molecule has 1 fully saturated rings. The summed E-state index contributed by atoms with van der Waals surface area (Å²) in [5.41, 5.74) is 1.76. The summed E-state index contributed by atoms with van der Waals surface area (Å²) < 4.78 is 28.0. The van der Waals surface area contributed by atoms with Crippen molar-refractivity contribution in [2.24, 2.45) is 5.92 Å². The fraction of sp³-hybridized carbons (Fsp3) is 0.276. The third-order valence-electron chi connectivity index (χ3n) is 6.78. The zero-order chi connectivity index (χ0) is 25.5. The van der Waals surface area contributed by atoms with Gasteiger partial charge in [0, 0.05) is 50.7 Å². The maximum absolute atomic E-state index is 14.5. The lowest BCUT2D eigenvalue weighted by atomic mass is 9.84. The second-order valence-corrected chi connectivity index (χ2v) is 9.07. The van der Waals surface area contributed by atoms with Crippen molar-refractivity contribution in [3.05, 3.63) is 107 Å². The molecule has 2 aromatic carbocycles. The SMILES string of the molecule is CN(C(=O)c1cccnc1)[C@H](Cc1ccc(F)cc1F)C1CCN(C(=O)/C=C/c2ccccc2)CC1. The Balaban J connectivity index is 1.48.